The number of carbonyl (C=O) groups is 2. The van der Waals surface area contributed by atoms with Crippen molar-refractivity contribution in [2.45, 2.75) is 18.6 Å². The van der Waals surface area contributed by atoms with E-state index in [1.165, 1.54) is 11.8 Å². The van der Waals surface area contributed by atoms with E-state index >= 15 is 0 Å². The minimum absolute atomic E-state index is 0.0458. The molecular weight excluding hydrogens is 336 g/mol. The third kappa shape index (κ3) is 4.48. The van der Waals surface area contributed by atoms with Gasteiger partial charge in [0.2, 0.25) is 5.91 Å². The van der Waals surface area contributed by atoms with Crippen LogP contribution in [0.25, 0.3) is 0 Å². The van der Waals surface area contributed by atoms with Crippen LogP contribution in [0.1, 0.15) is 23.7 Å². The number of ether oxygens (including phenoxy) is 1. The summed E-state index contributed by atoms with van der Waals surface area (Å²) in [7, 11) is 0. The zero-order valence-electron chi connectivity index (χ0n) is 13.8. The Morgan fingerprint density at radius 3 is 2.56 bits per heavy atom. The molecule has 2 aromatic rings. The molecule has 1 aliphatic heterocycles. The molecule has 1 atom stereocenters. The Balaban J connectivity index is 1.64. The topological polar surface area (TPSA) is 67.8 Å². The van der Waals surface area contributed by atoms with Gasteiger partial charge in [0.05, 0.1) is 17.5 Å². The summed E-state index contributed by atoms with van der Waals surface area (Å²) >= 11 is 1.29. The van der Waals surface area contributed by atoms with Crippen molar-refractivity contribution in [1.82, 2.24) is 5.32 Å². The van der Waals surface area contributed by atoms with Gasteiger partial charge in [0.25, 0.3) is 0 Å². The molecule has 25 heavy (non-hydrogen) atoms. The number of hydrogen-bond acceptors (Lipinski definition) is 5. The van der Waals surface area contributed by atoms with Crippen LogP contribution in [0.5, 0.6) is 5.75 Å². The van der Waals surface area contributed by atoms with Crippen molar-refractivity contribution in [3.8, 4) is 5.75 Å². The van der Waals surface area contributed by atoms with Crippen LogP contribution in [-0.2, 0) is 4.79 Å². The summed E-state index contributed by atoms with van der Waals surface area (Å²) in [5.41, 5.74) is 1.34. The zero-order valence-corrected chi connectivity index (χ0v) is 14.6. The number of benzene rings is 2. The molecule has 0 radical (unpaired) electrons. The Hall–Kier alpha value is -2.60. The van der Waals surface area contributed by atoms with E-state index in [4.69, 9.17) is 4.74 Å². The third-order valence-electron chi connectivity index (χ3n) is 3.62. The number of nitrogens with zero attached hydrogens (tertiary/aromatic N) is 1. The SMILES string of the molecule is CCOc1ccc(N=C2NC(=O)[C@H](CC(=O)c3ccccc3)S2)cc1. The summed E-state index contributed by atoms with van der Waals surface area (Å²) in [6.45, 7) is 2.53. The van der Waals surface area contributed by atoms with Crippen LogP contribution in [0, 0.1) is 0 Å². The lowest BCUT2D eigenvalue weighted by molar-refractivity contribution is -0.118. The summed E-state index contributed by atoms with van der Waals surface area (Å²) in [6.07, 6.45) is 0.156. The number of hydrogen-bond donors (Lipinski definition) is 1. The highest BCUT2D eigenvalue weighted by molar-refractivity contribution is 8.15. The minimum atomic E-state index is -0.450. The van der Waals surface area contributed by atoms with E-state index in [1.54, 1.807) is 12.1 Å². The summed E-state index contributed by atoms with van der Waals surface area (Å²) in [6, 6.07) is 16.3. The maximum Gasteiger partial charge on any atom is 0.240 e. The lowest BCUT2D eigenvalue weighted by Gasteiger charge is -2.04. The smallest absolute Gasteiger partial charge is 0.240 e. The van der Waals surface area contributed by atoms with Crippen molar-refractivity contribution in [3.05, 3.63) is 60.2 Å². The number of nitrogens with one attached hydrogen (secondary N) is 1. The van der Waals surface area contributed by atoms with Gasteiger partial charge >= 0.3 is 0 Å². The van der Waals surface area contributed by atoms with E-state index in [0.717, 1.165) is 11.4 Å². The zero-order chi connectivity index (χ0) is 17.6. The first-order valence-corrected chi connectivity index (χ1v) is 8.91. The van der Waals surface area contributed by atoms with E-state index < -0.39 is 5.25 Å². The van der Waals surface area contributed by atoms with Crippen molar-refractivity contribution in [3.63, 3.8) is 0 Å². The first kappa shape index (κ1) is 17.2. The number of amides is 1. The summed E-state index contributed by atoms with van der Waals surface area (Å²) in [5, 5.41) is 2.80. The fourth-order valence-electron chi connectivity index (χ4n) is 2.40. The largest absolute Gasteiger partial charge is 0.494 e. The molecule has 0 bridgehead atoms. The average Bonchev–Trinajstić information content (AvgIpc) is 2.97. The molecule has 1 heterocycles. The molecule has 1 amide bonds. The van der Waals surface area contributed by atoms with Gasteiger partial charge in [-0.25, -0.2) is 4.99 Å². The van der Waals surface area contributed by atoms with Crippen molar-refractivity contribution < 1.29 is 14.3 Å². The van der Waals surface area contributed by atoms with Crippen molar-refractivity contribution in [1.29, 1.82) is 0 Å². The Bertz CT molecular complexity index is 788. The molecular formula is C19H18N2O3S. The number of ketones is 1. The second-order valence-corrected chi connectivity index (χ2v) is 6.62. The molecule has 0 unspecified atom stereocenters. The molecule has 0 aliphatic carbocycles. The minimum Gasteiger partial charge on any atom is -0.494 e. The average molecular weight is 354 g/mol. The molecule has 3 rings (SSSR count). The molecule has 1 saturated heterocycles. The van der Waals surface area contributed by atoms with Crippen LogP contribution in [0.4, 0.5) is 5.69 Å². The monoisotopic (exact) mass is 354 g/mol. The first-order valence-electron chi connectivity index (χ1n) is 8.03. The van der Waals surface area contributed by atoms with E-state index in [2.05, 4.69) is 10.3 Å². The molecule has 1 fully saturated rings. The van der Waals surface area contributed by atoms with Gasteiger partial charge in [-0.05, 0) is 31.2 Å². The van der Waals surface area contributed by atoms with Crippen LogP contribution < -0.4 is 10.1 Å². The number of aliphatic imine (C=N–C) groups is 1. The van der Waals surface area contributed by atoms with Gasteiger partial charge in [-0.3, -0.25) is 9.59 Å². The number of Topliss-reactive ketones (excluding diaryl/α,β-unsaturated/α-hetero) is 1. The molecule has 128 valence electrons. The normalized spacial score (nSPS) is 18.2. The van der Waals surface area contributed by atoms with Gasteiger partial charge in [-0.2, -0.15) is 0 Å². The Kier molecular flexibility index (Phi) is 5.50. The van der Waals surface area contributed by atoms with Gasteiger partial charge < -0.3 is 10.1 Å². The fraction of sp³-hybridized carbons (Fsp3) is 0.211. The summed E-state index contributed by atoms with van der Waals surface area (Å²) in [5.74, 6) is 0.551. The van der Waals surface area contributed by atoms with Crippen LogP contribution in [0.3, 0.4) is 0 Å². The molecule has 2 aromatic carbocycles. The molecule has 6 heteroatoms. The van der Waals surface area contributed by atoms with Gasteiger partial charge in [0.15, 0.2) is 11.0 Å². The number of rotatable bonds is 6. The second kappa shape index (κ2) is 7.98. The number of amidine groups is 1. The van der Waals surface area contributed by atoms with Crippen LogP contribution in [-0.4, -0.2) is 28.7 Å². The standard InChI is InChI=1S/C19H18N2O3S/c1-2-24-15-10-8-14(9-11-15)20-19-21-18(23)17(25-19)12-16(22)13-6-4-3-5-7-13/h3-11,17H,2,12H2,1H3,(H,20,21,23)/t17-/m0/s1. The fourth-order valence-corrected chi connectivity index (χ4v) is 3.39. The highest BCUT2D eigenvalue weighted by Gasteiger charge is 2.32. The van der Waals surface area contributed by atoms with Gasteiger partial charge in [-0.15, -0.1) is 0 Å². The molecule has 1 N–H and O–H groups in total. The lowest BCUT2D eigenvalue weighted by Crippen LogP contribution is -2.26. The molecule has 0 spiro atoms. The number of carbonyl (C=O) groups excluding carboxylic acids is 2. The number of thioether (sulfide) groups is 1. The highest BCUT2D eigenvalue weighted by Crippen LogP contribution is 2.27. The maximum atomic E-state index is 12.3. The van der Waals surface area contributed by atoms with Gasteiger partial charge in [-0.1, -0.05) is 42.1 Å². The van der Waals surface area contributed by atoms with Crippen molar-refractivity contribution >= 4 is 34.3 Å². The summed E-state index contributed by atoms with van der Waals surface area (Å²) in [4.78, 5) is 28.8. The predicted molar refractivity (Wildman–Crippen MR) is 99.6 cm³/mol. The lowest BCUT2D eigenvalue weighted by atomic mass is 10.1. The van der Waals surface area contributed by atoms with Gasteiger partial charge in [0, 0.05) is 12.0 Å². The second-order valence-electron chi connectivity index (χ2n) is 5.43. The Morgan fingerprint density at radius 2 is 1.88 bits per heavy atom. The summed E-state index contributed by atoms with van der Waals surface area (Å²) < 4.78 is 5.39. The first-order chi connectivity index (χ1) is 12.2. The highest BCUT2D eigenvalue weighted by atomic mass is 32.2. The molecule has 5 nitrogen and oxygen atoms in total. The Morgan fingerprint density at radius 1 is 1.16 bits per heavy atom. The quantitative estimate of drug-likeness (QED) is 0.805. The third-order valence-corrected chi connectivity index (χ3v) is 4.70. The molecule has 0 saturated carbocycles. The Labute approximate surface area is 150 Å². The molecule has 1 aliphatic rings. The maximum absolute atomic E-state index is 12.3. The van der Waals surface area contributed by atoms with Crippen molar-refractivity contribution in [2.24, 2.45) is 4.99 Å². The van der Waals surface area contributed by atoms with Gasteiger partial charge in [0.1, 0.15) is 5.75 Å². The van der Waals surface area contributed by atoms with E-state index in [0.29, 0.717) is 17.3 Å². The molecule has 0 aromatic heterocycles. The van der Waals surface area contributed by atoms with E-state index in [9.17, 15) is 9.59 Å². The van der Waals surface area contributed by atoms with E-state index in [-0.39, 0.29) is 18.1 Å². The van der Waals surface area contributed by atoms with Crippen molar-refractivity contribution in [2.75, 3.05) is 6.61 Å². The van der Waals surface area contributed by atoms with E-state index in [1.807, 2.05) is 49.4 Å². The predicted octanol–water partition coefficient (Wildman–Crippen LogP) is 3.58. The van der Waals surface area contributed by atoms with Crippen LogP contribution in [0.2, 0.25) is 0 Å². The van der Waals surface area contributed by atoms with Crippen LogP contribution >= 0.6 is 11.8 Å². The van der Waals surface area contributed by atoms with Crippen LogP contribution in [0.15, 0.2) is 59.6 Å².